The summed E-state index contributed by atoms with van der Waals surface area (Å²) in [5.41, 5.74) is -0.542. The third-order valence-electron chi connectivity index (χ3n) is 1.04. The van der Waals surface area contributed by atoms with E-state index in [4.69, 9.17) is 5.21 Å². The number of amides is 2. The Balaban J connectivity index is 4.08. The van der Waals surface area contributed by atoms with Crippen molar-refractivity contribution in [2.45, 2.75) is 26.3 Å². The second kappa shape index (κ2) is 2.88. The fourth-order valence-electron chi connectivity index (χ4n) is 0.411. The molecule has 0 aromatic rings. The molecule has 0 spiro atoms. The lowest BCUT2D eigenvalue weighted by Crippen LogP contribution is -2.47. The normalized spacial score (nSPS) is 10.9. The summed E-state index contributed by atoms with van der Waals surface area (Å²) in [6.07, 6.45) is 0. The molecule has 0 atom stereocenters. The van der Waals surface area contributed by atoms with Gasteiger partial charge in [-0.15, -0.1) is 0 Å². The number of hydrogen-bond donors (Lipinski definition) is 2. The molecule has 0 aliphatic carbocycles. The molecule has 0 bridgehead atoms. The lowest BCUT2D eigenvalue weighted by molar-refractivity contribution is -0.106. The van der Waals surface area contributed by atoms with Gasteiger partial charge >= 0.3 is 6.03 Å². The Hall–Kier alpha value is -0.770. The van der Waals surface area contributed by atoms with E-state index < -0.39 is 11.6 Å². The largest absolute Gasteiger partial charge is 0.341 e. The second-order valence-electron chi connectivity index (χ2n) is 3.04. The molecule has 2 amide bonds. The summed E-state index contributed by atoms with van der Waals surface area (Å²) in [4.78, 5) is 10.7. The third-order valence-corrected chi connectivity index (χ3v) is 1.04. The lowest BCUT2D eigenvalue weighted by Gasteiger charge is -2.28. The van der Waals surface area contributed by atoms with Crippen molar-refractivity contribution in [2.24, 2.45) is 0 Å². The van der Waals surface area contributed by atoms with E-state index in [9.17, 15) is 4.79 Å². The first-order valence-corrected chi connectivity index (χ1v) is 3.10. The fraction of sp³-hybridized carbons (Fsp3) is 0.833. The summed E-state index contributed by atoms with van der Waals surface area (Å²) in [6, 6.07) is -0.493. The number of hydroxylamine groups is 2. The smallest absolute Gasteiger partial charge is 0.339 e. The minimum Gasteiger partial charge on any atom is -0.339 e. The first-order valence-electron chi connectivity index (χ1n) is 3.10. The summed E-state index contributed by atoms with van der Waals surface area (Å²) in [7, 11) is 1.47. The Morgan fingerprint density at radius 1 is 1.50 bits per heavy atom. The van der Waals surface area contributed by atoms with Gasteiger partial charge in [0.25, 0.3) is 0 Å². The highest BCUT2D eigenvalue weighted by molar-refractivity contribution is 5.73. The van der Waals surface area contributed by atoms with Crippen LogP contribution in [0.3, 0.4) is 0 Å². The third kappa shape index (κ3) is 2.23. The van der Waals surface area contributed by atoms with E-state index in [1.54, 1.807) is 20.8 Å². The monoisotopic (exact) mass is 146 g/mol. The Labute approximate surface area is 60.8 Å². The van der Waals surface area contributed by atoms with Crippen molar-refractivity contribution in [2.75, 3.05) is 7.05 Å². The van der Waals surface area contributed by atoms with E-state index in [1.807, 2.05) is 0 Å². The molecule has 2 N–H and O–H groups in total. The van der Waals surface area contributed by atoms with Gasteiger partial charge in [-0.3, -0.25) is 5.21 Å². The molecule has 0 aliphatic rings. The summed E-state index contributed by atoms with van der Waals surface area (Å²) in [5.74, 6) is 0. The van der Waals surface area contributed by atoms with Crippen LogP contribution in [0.2, 0.25) is 0 Å². The van der Waals surface area contributed by atoms with E-state index in [2.05, 4.69) is 5.32 Å². The van der Waals surface area contributed by atoms with Crippen LogP contribution in [-0.4, -0.2) is 28.9 Å². The number of urea groups is 1. The number of carbonyl (C=O) groups is 1. The molecular weight excluding hydrogens is 132 g/mol. The van der Waals surface area contributed by atoms with Gasteiger partial charge in [-0.05, 0) is 20.8 Å². The molecule has 4 heteroatoms. The Morgan fingerprint density at radius 3 is 2.00 bits per heavy atom. The van der Waals surface area contributed by atoms with E-state index in [-0.39, 0.29) is 0 Å². The van der Waals surface area contributed by atoms with Gasteiger partial charge in [-0.2, -0.15) is 0 Å². The molecule has 0 fully saturated rings. The Morgan fingerprint density at radius 2 is 1.90 bits per heavy atom. The Bertz CT molecular complexity index is 128. The highest BCUT2D eigenvalue weighted by Crippen LogP contribution is 2.08. The van der Waals surface area contributed by atoms with Gasteiger partial charge in [-0.1, -0.05) is 0 Å². The fourth-order valence-corrected chi connectivity index (χ4v) is 0.411. The van der Waals surface area contributed by atoms with Crippen LogP contribution in [-0.2, 0) is 0 Å². The van der Waals surface area contributed by atoms with Crippen LogP contribution in [0.1, 0.15) is 20.8 Å². The summed E-state index contributed by atoms with van der Waals surface area (Å²) >= 11 is 0. The van der Waals surface area contributed by atoms with E-state index in [0.29, 0.717) is 5.06 Å². The van der Waals surface area contributed by atoms with Gasteiger partial charge in [0.2, 0.25) is 0 Å². The predicted octanol–water partition coefficient (Wildman–Crippen LogP) is 0.815. The highest BCUT2D eigenvalue weighted by atomic mass is 16.5. The van der Waals surface area contributed by atoms with Crippen molar-refractivity contribution in [1.82, 2.24) is 10.4 Å². The van der Waals surface area contributed by atoms with Gasteiger partial charge in [0.1, 0.15) is 0 Å². The highest BCUT2D eigenvalue weighted by Gasteiger charge is 2.23. The van der Waals surface area contributed by atoms with Gasteiger partial charge in [0, 0.05) is 7.05 Å². The molecule has 10 heavy (non-hydrogen) atoms. The van der Waals surface area contributed by atoms with Crippen molar-refractivity contribution in [3.8, 4) is 0 Å². The molecule has 0 radical (unpaired) electrons. The van der Waals surface area contributed by atoms with Crippen LogP contribution in [0.15, 0.2) is 0 Å². The number of rotatable bonds is 0. The zero-order valence-corrected chi connectivity index (χ0v) is 6.80. The van der Waals surface area contributed by atoms with Gasteiger partial charge < -0.3 is 5.32 Å². The van der Waals surface area contributed by atoms with Crippen LogP contribution in [0, 0.1) is 0 Å². The van der Waals surface area contributed by atoms with Gasteiger partial charge in [0.05, 0.1) is 5.54 Å². The van der Waals surface area contributed by atoms with E-state index in [0.717, 1.165) is 0 Å². The van der Waals surface area contributed by atoms with Crippen LogP contribution >= 0.6 is 0 Å². The quantitative estimate of drug-likeness (QED) is 0.392. The van der Waals surface area contributed by atoms with E-state index >= 15 is 0 Å². The minimum atomic E-state index is -0.542. The molecular formula is C6H14N2O2. The second-order valence-corrected chi connectivity index (χ2v) is 3.04. The average molecular weight is 146 g/mol. The van der Waals surface area contributed by atoms with Crippen molar-refractivity contribution >= 4 is 6.03 Å². The maximum Gasteiger partial charge on any atom is 0.341 e. The summed E-state index contributed by atoms with van der Waals surface area (Å²) in [5, 5.41) is 12.0. The first kappa shape index (κ1) is 9.23. The molecule has 0 saturated carbocycles. The molecule has 4 nitrogen and oxygen atoms in total. The predicted molar refractivity (Wildman–Crippen MR) is 37.8 cm³/mol. The zero-order chi connectivity index (χ0) is 8.36. The average Bonchev–Trinajstić information content (AvgIpc) is 1.83. The molecule has 0 aromatic heterocycles. The molecule has 0 aromatic carbocycles. The molecule has 0 heterocycles. The van der Waals surface area contributed by atoms with Crippen LogP contribution in [0.4, 0.5) is 4.79 Å². The van der Waals surface area contributed by atoms with Crippen molar-refractivity contribution in [3.05, 3.63) is 0 Å². The number of nitrogens with one attached hydrogen (secondary N) is 1. The first-order chi connectivity index (χ1) is 4.39. The molecule has 60 valence electrons. The van der Waals surface area contributed by atoms with Crippen molar-refractivity contribution < 1.29 is 10.0 Å². The lowest BCUT2D eigenvalue weighted by atomic mass is 10.1. The molecule has 0 saturated heterocycles. The summed E-state index contributed by atoms with van der Waals surface area (Å²) in [6.45, 7) is 5.22. The number of hydrogen-bond acceptors (Lipinski definition) is 2. The summed E-state index contributed by atoms with van der Waals surface area (Å²) < 4.78 is 0. The SMILES string of the molecule is CNC(=O)N(O)C(C)(C)C. The van der Waals surface area contributed by atoms with Crippen LogP contribution < -0.4 is 5.32 Å². The topological polar surface area (TPSA) is 52.6 Å². The van der Waals surface area contributed by atoms with Crippen molar-refractivity contribution in [3.63, 3.8) is 0 Å². The van der Waals surface area contributed by atoms with Crippen LogP contribution in [0.25, 0.3) is 0 Å². The maximum absolute atomic E-state index is 10.7. The van der Waals surface area contributed by atoms with Gasteiger partial charge in [-0.25, -0.2) is 9.86 Å². The van der Waals surface area contributed by atoms with Crippen molar-refractivity contribution in [1.29, 1.82) is 0 Å². The maximum atomic E-state index is 10.7. The number of nitrogens with zero attached hydrogens (tertiary/aromatic N) is 1. The standard InChI is InChI=1S/C6H14N2O2/c1-6(2,3)8(10)5(9)7-4/h10H,1-4H3,(H,7,9). The zero-order valence-electron chi connectivity index (χ0n) is 6.80. The number of carbonyl (C=O) groups excluding carboxylic acids is 1. The van der Waals surface area contributed by atoms with Gasteiger partial charge in [0.15, 0.2) is 0 Å². The molecule has 0 aliphatic heterocycles. The van der Waals surface area contributed by atoms with E-state index in [1.165, 1.54) is 7.05 Å². The molecule has 0 rings (SSSR count). The molecule has 0 unspecified atom stereocenters. The van der Waals surface area contributed by atoms with Crippen LogP contribution in [0.5, 0.6) is 0 Å². The Kier molecular flexibility index (Phi) is 2.65. The minimum absolute atomic E-state index is 0.493.